The molecule has 6 heteroatoms. The average Bonchev–Trinajstić information content (AvgIpc) is 2.91. The van der Waals surface area contributed by atoms with Gasteiger partial charge in [0.05, 0.1) is 0 Å². The van der Waals surface area contributed by atoms with E-state index in [4.69, 9.17) is 0 Å². The van der Waals surface area contributed by atoms with Gasteiger partial charge in [0.25, 0.3) is 10.2 Å². The zero-order chi connectivity index (χ0) is 15.7. The molecule has 1 fully saturated rings. The van der Waals surface area contributed by atoms with Crippen molar-refractivity contribution >= 4 is 21.1 Å². The van der Waals surface area contributed by atoms with E-state index in [1.165, 1.54) is 20.8 Å². The second-order valence-corrected chi connectivity index (χ2v) is 8.34. The molecule has 1 aromatic carbocycles. The van der Waals surface area contributed by atoms with E-state index in [0.29, 0.717) is 19.0 Å². The third-order valence-electron chi connectivity index (χ3n) is 4.54. The quantitative estimate of drug-likeness (QED) is 0.939. The minimum atomic E-state index is -3.26. The number of rotatable bonds is 4. The lowest BCUT2D eigenvalue weighted by atomic mass is 9.91. The third kappa shape index (κ3) is 2.91. The standard InChI is InChI=1S/C16H23N3O2S/c1-18(2)22(20,21)19-9-7-13(8-10-19)11-14-12-17-16-6-4-3-5-15(14)16/h3-6,12-13,17H,7-11H2,1-2H3. The van der Waals surface area contributed by atoms with Crippen molar-refractivity contribution in [2.24, 2.45) is 5.92 Å². The predicted octanol–water partition coefficient (Wildman–Crippen LogP) is 2.23. The van der Waals surface area contributed by atoms with Crippen molar-refractivity contribution in [2.75, 3.05) is 27.2 Å². The Morgan fingerprint density at radius 2 is 1.91 bits per heavy atom. The van der Waals surface area contributed by atoms with Gasteiger partial charge in [-0.05, 0) is 36.8 Å². The summed E-state index contributed by atoms with van der Waals surface area (Å²) in [5.74, 6) is 0.549. The van der Waals surface area contributed by atoms with E-state index in [1.807, 2.05) is 6.07 Å². The molecular formula is C16H23N3O2S. The normalized spacial score (nSPS) is 18.3. The van der Waals surface area contributed by atoms with Crippen LogP contribution < -0.4 is 0 Å². The molecule has 22 heavy (non-hydrogen) atoms. The Kier molecular flexibility index (Phi) is 4.25. The molecule has 5 nitrogen and oxygen atoms in total. The number of para-hydroxylation sites is 1. The van der Waals surface area contributed by atoms with E-state index in [9.17, 15) is 8.42 Å². The molecule has 0 saturated carbocycles. The summed E-state index contributed by atoms with van der Waals surface area (Å²) >= 11 is 0. The van der Waals surface area contributed by atoms with Crippen LogP contribution >= 0.6 is 0 Å². The maximum Gasteiger partial charge on any atom is 0.281 e. The number of nitrogens with zero attached hydrogens (tertiary/aromatic N) is 2. The van der Waals surface area contributed by atoms with Crippen molar-refractivity contribution in [3.05, 3.63) is 36.0 Å². The van der Waals surface area contributed by atoms with Gasteiger partial charge in [0.1, 0.15) is 0 Å². The lowest BCUT2D eigenvalue weighted by Crippen LogP contribution is -2.44. The van der Waals surface area contributed by atoms with Crippen LogP contribution in [0.1, 0.15) is 18.4 Å². The number of H-pyrrole nitrogens is 1. The predicted molar refractivity (Wildman–Crippen MR) is 88.9 cm³/mol. The summed E-state index contributed by atoms with van der Waals surface area (Å²) in [6.45, 7) is 1.24. The molecule has 0 radical (unpaired) electrons. The summed E-state index contributed by atoms with van der Waals surface area (Å²) in [4.78, 5) is 3.31. The summed E-state index contributed by atoms with van der Waals surface area (Å²) in [7, 11) is -0.0783. The molecule has 0 atom stereocenters. The summed E-state index contributed by atoms with van der Waals surface area (Å²) in [6.07, 6.45) is 4.95. The van der Waals surface area contributed by atoms with Crippen LogP contribution in [0.2, 0.25) is 0 Å². The van der Waals surface area contributed by atoms with Gasteiger partial charge in [-0.1, -0.05) is 18.2 Å². The molecule has 1 N–H and O–H groups in total. The third-order valence-corrected chi connectivity index (χ3v) is 6.49. The van der Waals surface area contributed by atoms with Crippen LogP contribution in [0.25, 0.3) is 10.9 Å². The van der Waals surface area contributed by atoms with Crippen LogP contribution in [0.5, 0.6) is 0 Å². The Morgan fingerprint density at radius 3 is 2.59 bits per heavy atom. The Hall–Kier alpha value is -1.37. The summed E-state index contributed by atoms with van der Waals surface area (Å²) < 4.78 is 27.2. The molecule has 0 unspecified atom stereocenters. The monoisotopic (exact) mass is 321 g/mol. The average molecular weight is 321 g/mol. The van der Waals surface area contributed by atoms with E-state index in [0.717, 1.165) is 19.3 Å². The Balaban J connectivity index is 1.65. The first kappa shape index (κ1) is 15.5. The van der Waals surface area contributed by atoms with Gasteiger partial charge in [-0.25, -0.2) is 0 Å². The van der Waals surface area contributed by atoms with Gasteiger partial charge in [0.15, 0.2) is 0 Å². The topological polar surface area (TPSA) is 56.4 Å². The van der Waals surface area contributed by atoms with Crippen LogP contribution in [0.15, 0.2) is 30.5 Å². The van der Waals surface area contributed by atoms with Crippen LogP contribution in [-0.4, -0.2) is 49.2 Å². The number of piperidine rings is 1. The molecule has 1 aliphatic rings. The molecule has 0 spiro atoms. The first-order valence-electron chi connectivity index (χ1n) is 7.71. The number of hydrogen-bond acceptors (Lipinski definition) is 2. The molecule has 1 aliphatic heterocycles. The van der Waals surface area contributed by atoms with Gasteiger partial charge in [0.2, 0.25) is 0 Å². The van der Waals surface area contributed by atoms with Crippen molar-refractivity contribution in [1.29, 1.82) is 0 Å². The second-order valence-electron chi connectivity index (χ2n) is 6.20. The van der Waals surface area contributed by atoms with Gasteiger partial charge in [-0.2, -0.15) is 17.0 Å². The van der Waals surface area contributed by atoms with Crippen LogP contribution in [0.3, 0.4) is 0 Å². The SMILES string of the molecule is CN(C)S(=O)(=O)N1CCC(Cc2c[nH]c3ccccc23)CC1. The minimum Gasteiger partial charge on any atom is -0.361 e. The first-order chi connectivity index (χ1) is 10.5. The second kappa shape index (κ2) is 6.02. The molecule has 1 aromatic heterocycles. The van der Waals surface area contributed by atoms with Crippen molar-refractivity contribution in [1.82, 2.24) is 13.6 Å². The van der Waals surface area contributed by atoms with E-state index in [1.54, 1.807) is 18.4 Å². The lowest BCUT2D eigenvalue weighted by Gasteiger charge is -2.32. The molecule has 2 heterocycles. The molecule has 120 valence electrons. The van der Waals surface area contributed by atoms with Gasteiger partial charge in [-0.15, -0.1) is 0 Å². The molecule has 1 saturated heterocycles. The minimum absolute atomic E-state index is 0.549. The fourth-order valence-electron chi connectivity index (χ4n) is 3.19. The maximum absolute atomic E-state index is 12.1. The van der Waals surface area contributed by atoms with Gasteiger partial charge in [0, 0.05) is 44.3 Å². The summed E-state index contributed by atoms with van der Waals surface area (Å²) in [6, 6.07) is 8.33. The Morgan fingerprint density at radius 1 is 1.23 bits per heavy atom. The molecular weight excluding hydrogens is 298 g/mol. The van der Waals surface area contributed by atoms with E-state index in [-0.39, 0.29) is 0 Å². The van der Waals surface area contributed by atoms with Crippen LogP contribution in [0.4, 0.5) is 0 Å². The maximum atomic E-state index is 12.1. The fourth-order valence-corrected chi connectivity index (χ4v) is 4.32. The number of aromatic nitrogens is 1. The first-order valence-corrected chi connectivity index (χ1v) is 9.11. The molecule has 0 aliphatic carbocycles. The summed E-state index contributed by atoms with van der Waals surface area (Å²) in [5.41, 5.74) is 2.51. The number of benzene rings is 1. The van der Waals surface area contributed by atoms with Crippen molar-refractivity contribution in [3.8, 4) is 0 Å². The molecule has 3 rings (SSSR count). The number of fused-ring (bicyclic) bond motifs is 1. The van der Waals surface area contributed by atoms with Gasteiger partial charge >= 0.3 is 0 Å². The molecule has 0 bridgehead atoms. The van der Waals surface area contributed by atoms with Crippen LogP contribution in [-0.2, 0) is 16.6 Å². The number of aromatic amines is 1. The van der Waals surface area contributed by atoms with Crippen molar-refractivity contribution in [3.63, 3.8) is 0 Å². The van der Waals surface area contributed by atoms with Crippen molar-refractivity contribution < 1.29 is 8.42 Å². The summed E-state index contributed by atoms with van der Waals surface area (Å²) in [5, 5.41) is 1.28. The highest BCUT2D eigenvalue weighted by molar-refractivity contribution is 7.86. The van der Waals surface area contributed by atoms with E-state index < -0.39 is 10.2 Å². The van der Waals surface area contributed by atoms with Crippen LogP contribution in [0, 0.1) is 5.92 Å². The van der Waals surface area contributed by atoms with Gasteiger partial charge < -0.3 is 4.98 Å². The number of hydrogen-bond donors (Lipinski definition) is 1. The smallest absolute Gasteiger partial charge is 0.281 e. The largest absolute Gasteiger partial charge is 0.361 e. The van der Waals surface area contributed by atoms with E-state index in [2.05, 4.69) is 29.4 Å². The molecule has 2 aromatic rings. The zero-order valence-corrected chi connectivity index (χ0v) is 13.9. The number of nitrogens with one attached hydrogen (secondary N) is 1. The van der Waals surface area contributed by atoms with Gasteiger partial charge in [-0.3, -0.25) is 0 Å². The highest BCUT2D eigenvalue weighted by atomic mass is 32.2. The lowest BCUT2D eigenvalue weighted by molar-refractivity contribution is 0.262. The van der Waals surface area contributed by atoms with Crippen molar-refractivity contribution in [2.45, 2.75) is 19.3 Å². The molecule has 0 amide bonds. The highest BCUT2D eigenvalue weighted by Gasteiger charge is 2.29. The zero-order valence-electron chi connectivity index (χ0n) is 13.1. The fraction of sp³-hybridized carbons (Fsp3) is 0.500. The van der Waals surface area contributed by atoms with E-state index >= 15 is 0 Å². The Labute approximate surface area is 132 Å². The highest BCUT2D eigenvalue weighted by Crippen LogP contribution is 2.27. The Bertz CT molecular complexity index is 744.